The first-order valence-electron chi connectivity index (χ1n) is 5.01. The Morgan fingerprint density at radius 1 is 1.46 bits per heavy atom. The lowest BCUT2D eigenvalue weighted by molar-refractivity contribution is -0.130. The fourth-order valence-electron chi connectivity index (χ4n) is 2.12. The molecule has 1 aliphatic carbocycles. The van der Waals surface area contributed by atoms with Crippen LogP contribution in [0.2, 0.25) is 0 Å². The number of nitriles is 1. The summed E-state index contributed by atoms with van der Waals surface area (Å²) in [5.74, 6) is 0.599. The van der Waals surface area contributed by atoms with E-state index in [-0.39, 0.29) is 23.5 Å². The monoisotopic (exact) mass is 179 g/mol. The molecule has 3 atom stereocenters. The third-order valence-electron chi connectivity index (χ3n) is 3.12. The van der Waals surface area contributed by atoms with Crippen LogP contribution < -0.4 is 0 Å². The molecule has 0 N–H and O–H groups in total. The van der Waals surface area contributed by atoms with Crippen LogP contribution in [0.25, 0.3) is 0 Å². The highest BCUT2D eigenvalue weighted by atomic mass is 16.1. The zero-order valence-corrected chi connectivity index (χ0v) is 8.58. The Hall–Kier alpha value is -0.840. The molecule has 0 heterocycles. The van der Waals surface area contributed by atoms with Gasteiger partial charge in [0.15, 0.2) is 5.78 Å². The van der Waals surface area contributed by atoms with Crippen molar-refractivity contribution in [2.75, 3.05) is 0 Å². The Morgan fingerprint density at radius 3 is 2.54 bits per heavy atom. The molecule has 72 valence electrons. The highest BCUT2D eigenvalue weighted by Crippen LogP contribution is 2.33. The third-order valence-corrected chi connectivity index (χ3v) is 3.12. The molecule has 0 amide bonds. The first-order valence-corrected chi connectivity index (χ1v) is 5.01. The molecule has 1 aliphatic rings. The lowest BCUT2D eigenvalue weighted by atomic mass is 9.71. The van der Waals surface area contributed by atoms with Crippen LogP contribution in [-0.4, -0.2) is 5.78 Å². The summed E-state index contributed by atoms with van der Waals surface area (Å²) >= 11 is 0. The summed E-state index contributed by atoms with van der Waals surface area (Å²) in [6.45, 7) is 6.13. The van der Waals surface area contributed by atoms with Crippen LogP contribution in [0.4, 0.5) is 0 Å². The fraction of sp³-hybridized carbons (Fsp3) is 0.818. The molecule has 0 saturated heterocycles. The van der Waals surface area contributed by atoms with E-state index in [1.54, 1.807) is 0 Å². The Morgan fingerprint density at radius 2 is 2.08 bits per heavy atom. The molecule has 0 aromatic heterocycles. The van der Waals surface area contributed by atoms with E-state index in [1.165, 1.54) is 0 Å². The van der Waals surface area contributed by atoms with Crippen molar-refractivity contribution in [2.45, 2.75) is 33.6 Å². The predicted octanol–water partition coefficient (Wildman–Crippen LogP) is 2.40. The minimum atomic E-state index is -0.346. The number of carbonyl (C=O) groups excluding carboxylic acids is 1. The van der Waals surface area contributed by atoms with Gasteiger partial charge >= 0.3 is 0 Å². The average molecular weight is 179 g/mol. The van der Waals surface area contributed by atoms with Crippen molar-refractivity contribution < 1.29 is 4.79 Å². The Kier molecular flexibility index (Phi) is 3.08. The van der Waals surface area contributed by atoms with E-state index in [1.807, 2.05) is 6.92 Å². The molecule has 0 aromatic rings. The van der Waals surface area contributed by atoms with Gasteiger partial charge in [0.1, 0.15) is 5.92 Å². The number of Topliss-reactive ketones (excluding diaryl/α,β-unsaturated/α-hetero) is 1. The van der Waals surface area contributed by atoms with Crippen molar-refractivity contribution in [1.29, 1.82) is 5.26 Å². The van der Waals surface area contributed by atoms with Gasteiger partial charge in [-0.2, -0.15) is 5.26 Å². The van der Waals surface area contributed by atoms with Gasteiger partial charge in [0.2, 0.25) is 0 Å². The van der Waals surface area contributed by atoms with Crippen LogP contribution in [0.3, 0.4) is 0 Å². The van der Waals surface area contributed by atoms with Crippen LogP contribution in [0.1, 0.15) is 33.6 Å². The van der Waals surface area contributed by atoms with E-state index in [9.17, 15) is 4.79 Å². The van der Waals surface area contributed by atoms with Gasteiger partial charge in [-0.1, -0.05) is 20.8 Å². The second-order valence-electron chi connectivity index (χ2n) is 4.41. The van der Waals surface area contributed by atoms with Crippen molar-refractivity contribution >= 4 is 5.78 Å². The molecule has 0 aromatic carbocycles. The van der Waals surface area contributed by atoms with Crippen molar-refractivity contribution in [3.8, 4) is 6.07 Å². The summed E-state index contributed by atoms with van der Waals surface area (Å²) in [7, 11) is 0. The highest BCUT2D eigenvalue weighted by molar-refractivity contribution is 5.86. The smallest absolute Gasteiger partial charge is 0.153 e. The quantitative estimate of drug-likeness (QED) is 0.620. The normalized spacial score (nSPS) is 34.7. The third kappa shape index (κ3) is 1.91. The van der Waals surface area contributed by atoms with Crippen molar-refractivity contribution in [1.82, 2.24) is 0 Å². The first-order chi connectivity index (χ1) is 6.07. The lowest BCUT2D eigenvalue weighted by Gasteiger charge is -2.31. The van der Waals surface area contributed by atoms with E-state index in [4.69, 9.17) is 5.26 Å². The van der Waals surface area contributed by atoms with Gasteiger partial charge < -0.3 is 0 Å². The summed E-state index contributed by atoms with van der Waals surface area (Å²) < 4.78 is 0. The molecule has 0 bridgehead atoms. The second kappa shape index (κ2) is 3.91. The molecule has 2 heteroatoms. The minimum absolute atomic E-state index is 0.126. The van der Waals surface area contributed by atoms with E-state index in [2.05, 4.69) is 19.9 Å². The maximum Gasteiger partial charge on any atom is 0.153 e. The van der Waals surface area contributed by atoms with Crippen molar-refractivity contribution in [2.24, 2.45) is 23.7 Å². The molecule has 0 aliphatic heterocycles. The molecule has 0 spiro atoms. The van der Waals surface area contributed by atoms with Gasteiger partial charge in [0.05, 0.1) is 6.07 Å². The molecular weight excluding hydrogens is 162 g/mol. The second-order valence-corrected chi connectivity index (χ2v) is 4.41. The van der Waals surface area contributed by atoms with E-state index in [0.717, 1.165) is 12.8 Å². The maximum atomic E-state index is 11.8. The summed E-state index contributed by atoms with van der Waals surface area (Å²) in [6.07, 6.45) is 1.99. The molecule has 2 nitrogen and oxygen atoms in total. The topological polar surface area (TPSA) is 40.9 Å². The summed E-state index contributed by atoms with van der Waals surface area (Å²) in [5, 5.41) is 8.86. The van der Waals surface area contributed by atoms with Crippen molar-refractivity contribution in [3.63, 3.8) is 0 Å². The van der Waals surface area contributed by atoms with E-state index < -0.39 is 0 Å². The van der Waals surface area contributed by atoms with Gasteiger partial charge in [-0.3, -0.25) is 4.79 Å². The van der Waals surface area contributed by atoms with Crippen LogP contribution in [-0.2, 0) is 4.79 Å². The molecule has 1 rings (SSSR count). The molecule has 0 radical (unpaired) electrons. The summed E-state index contributed by atoms with van der Waals surface area (Å²) in [5.41, 5.74) is 0. The van der Waals surface area contributed by atoms with Gasteiger partial charge in [-0.05, 0) is 24.7 Å². The molecule has 1 fully saturated rings. The van der Waals surface area contributed by atoms with Crippen LogP contribution in [0, 0.1) is 35.0 Å². The number of carbonyl (C=O) groups is 1. The number of nitrogens with zero attached hydrogens (tertiary/aromatic N) is 1. The Balaban J connectivity index is 2.77. The van der Waals surface area contributed by atoms with Crippen LogP contribution in [0.5, 0.6) is 0 Å². The van der Waals surface area contributed by atoms with Gasteiger partial charge in [-0.15, -0.1) is 0 Å². The largest absolute Gasteiger partial charge is 0.298 e. The average Bonchev–Trinajstić information content (AvgIpc) is 2.04. The first kappa shape index (κ1) is 10.2. The van der Waals surface area contributed by atoms with Crippen molar-refractivity contribution in [3.05, 3.63) is 0 Å². The number of rotatable bonds is 1. The number of ketones is 1. The minimum Gasteiger partial charge on any atom is -0.298 e. The summed E-state index contributed by atoms with van der Waals surface area (Å²) in [6, 6.07) is 2.14. The van der Waals surface area contributed by atoms with Gasteiger partial charge in [0.25, 0.3) is 0 Å². The number of hydrogen-bond acceptors (Lipinski definition) is 2. The van der Waals surface area contributed by atoms with E-state index >= 15 is 0 Å². The highest BCUT2D eigenvalue weighted by Gasteiger charge is 2.37. The molecule has 3 unspecified atom stereocenters. The Bertz CT molecular complexity index is 239. The van der Waals surface area contributed by atoms with Gasteiger partial charge in [-0.25, -0.2) is 0 Å². The zero-order valence-electron chi connectivity index (χ0n) is 8.58. The lowest BCUT2D eigenvalue weighted by Crippen LogP contribution is -2.35. The standard InChI is InChI=1S/C11H17NO/c1-7(2)9-5-4-8(3)10(6-12)11(9)13/h7-10H,4-5H2,1-3H3. The number of hydrogen-bond donors (Lipinski definition) is 0. The summed E-state index contributed by atoms with van der Waals surface area (Å²) in [4.78, 5) is 11.8. The van der Waals surface area contributed by atoms with Gasteiger partial charge in [0, 0.05) is 5.92 Å². The van der Waals surface area contributed by atoms with E-state index in [0.29, 0.717) is 5.92 Å². The van der Waals surface area contributed by atoms with Crippen LogP contribution in [0.15, 0.2) is 0 Å². The maximum absolute atomic E-state index is 11.8. The SMILES string of the molecule is CC(C)C1CCC(C)C(C#N)C1=O. The predicted molar refractivity (Wildman–Crippen MR) is 50.8 cm³/mol. The molecule has 13 heavy (non-hydrogen) atoms. The molecular formula is C11H17NO. The zero-order chi connectivity index (χ0) is 10.0. The van der Waals surface area contributed by atoms with Crippen LogP contribution >= 0.6 is 0 Å². The Labute approximate surface area is 79.9 Å². The molecule has 1 saturated carbocycles. The fourth-order valence-corrected chi connectivity index (χ4v) is 2.12.